The van der Waals surface area contributed by atoms with Crippen LogP contribution in [0, 0.1) is 0 Å². The van der Waals surface area contributed by atoms with Crippen LogP contribution in [0.25, 0.3) is 0 Å². The molecule has 0 radical (unpaired) electrons. The molecule has 0 fully saturated rings. The maximum Gasteiger partial charge on any atom is 0.472 e. The Morgan fingerprint density at radius 1 is 0.266 bits per heavy atom. The first kappa shape index (κ1) is 104. The van der Waals surface area contributed by atoms with E-state index in [1.54, 1.807) is 0 Å². The highest BCUT2D eigenvalue weighted by Crippen LogP contribution is 2.45. The molecule has 0 heterocycles. The Bertz CT molecular complexity index is 2660. The number of hydrogen-bond acceptors (Lipinski definition) is 14. The molecule has 5 unspecified atom stereocenters. The van der Waals surface area contributed by atoms with Crippen LogP contribution in [0.15, 0.2) is 170 Å². The molecule has 16 nitrogen and oxygen atoms in total. The molecule has 109 heavy (non-hydrogen) atoms. The summed E-state index contributed by atoms with van der Waals surface area (Å²) in [5.41, 5.74) is 0. The second-order valence-corrected chi connectivity index (χ2v) is 30.8. The molecule has 0 amide bonds. The molecule has 0 aliphatic rings. The number of aliphatic hydroxyl groups is 2. The predicted molar refractivity (Wildman–Crippen MR) is 454 cm³/mol. The van der Waals surface area contributed by atoms with Gasteiger partial charge in [0.05, 0.1) is 26.4 Å². The van der Waals surface area contributed by atoms with E-state index in [4.69, 9.17) is 32.3 Å². The van der Waals surface area contributed by atoms with E-state index in [0.29, 0.717) is 19.3 Å². The summed E-state index contributed by atoms with van der Waals surface area (Å²) in [6.45, 7) is 2.44. The summed E-state index contributed by atoms with van der Waals surface area (Å²) in [6.07, 6.45) is 105. The quantitative estimate of drug-likeness (QED) is 0.0146. The van der Waals surface area contributed by atoms with Gasteiger partial charge in [-0.25, -0.2) is 9.13 Å². The normalized spacial score (nSPS) is 14.7. The van der Waals surface area contributed by atoms with Gasteiger partial charge < -0.3 is 34.2 Å². The second-order valence-electron chi connectivity index (χ2n) is 27.9. The monoisotopic (exact) mass is 1560 g/mol. The van der Waals surface area contributed by atoms with Crippen molar-refractivity contribution in [2.45, 2.75) is 347 Å². The lowest BCUT2D eigenvalue weighted by molar-refractivity contribution is -0.161. The molecule has 0 aliphatic carbocycles. The third kappa shape index (κ3) is 83.7. The third-order valence-corrected chi connectivity index (χ3v) is 19.3. The number of hydrogen-bond donors (Lipinski definition) is 4. The lowest BCUT2D eigenvalue weighted by Crippen LogP contribution is -2.30. The van der Waals surface area contributed by atoms with Crippen LogP contribution < -0.4 is 0 Å². The molecule has 0 spiro atoms. The summed E-state index contributed by atoms with van der Waals surface area (Å²) in [5.74, 6) is -1.65. The van der Waals surface area contributed by atoms with Crippen LogP contribution in [-0.2, 0) is 55.8 Å². The van der Waals surface area contributed by atoms with E-state index in [9.17, 15) is 43.5 Å². The van der Waals surface area contributed by atoms with Gasteiger partial charge in [-0.1, -0.05) is 319 Å². The fraction of sp³-hybridized carbons (Fsp3) is 0.659. The van der Waals surface area contributed by atoms with Crippen molar-refractivity contribution in [2.24, 2.45) is 0 Å². The highest BCUT2D eigenvalue weighted by molar-refractivity contribution is 7.47. The van der Waals surface area contributed by atoms with Crippen molar-refractivity contribution in [3.63, 3.8) is 0 Å². The van der Waals surface area contributed by atoms with Gasteiger partial charge in [0.15, 0.2) is 6.10 Å². The first-order valence-electron chi connectivity index (χ1n) is 42.4. The topological polar surface area (TPSA) is 231 Å². The molecule has 622 valence electrons. The second kappa shape index (κ2) is 82.4. The van der Waals surface area contributed by atoms with Crippen LogP contribution in [-0.4, -0.2) is 95.9 Å². The van der Waals surface area contributed by atoms with Gasteiger partial charge in [-0.15, -0.1) is 0 Å². The molecule has 0 aromatic carbocycles. The van der Waals surface area contributed by atoms with Gasteiger partial charge in [0.1, 0.15) is 25.4 Å². The van der Waals surface area contributed by atoms with Crippen molar-refractivity contribution in [1.82, 2.24) is 0 Å². The Labute approximate surface area is 662 Å². The Morgan fingerprint density at radius 2 is 0.486 bits per heavy atom. The summed E-state index contributed by atoms with van der Waals surface area (Å²) >= 11 is 0. The van der Waals surface area contributed by atoms with E-state index >= 15 is 0 Å². The van der Waals surface area contributed by atoms with E-state index < -0.39 is 91.5 Å². The van der Waals surface area contributed by atoms with Crippen molar-refractivity contribution in [2.75, 3.05) is 39.6 Å². The van der Waals surface area contributed by atoms with Crippen LogP contribution in [0.1, 0.15) is 329 Å². The molecule has 0 saturated heterocycles. The Kier molecular flexibility index (Phi) is 78.5. The number of phosphoric acid groups is 2. The van der Waals surface area contributed by atoms with Crippen LogP contribution >= 0.6 is 15.6 Å². The Morgan fingerprint density at radius 3 is 0.789 bits per heavy atom. The number of phosphoric ester groups is 2. The van der Waals surface area contributed by atoms with E-state index in [1.165, 1.54) is 122 Å². The first-order valence-corrected chi connectivity index (χ1v) is 45.4. The largest absolute Gasteiger partial charge is 0.472 e. The van der Waals surface area contributed by atoms with Crippen molar-refractivity contribution in [1.29, 1.82) is 0 Å². The maximum atomic E-state index is 13.0. The van der Waals surface area contributed by atoms with E-state index in [0.717, 1.165) is 148 Å². The van der Waals surface area contributed by atoms with Crippen LogP contribution in [0.3, 0.4) is 0 Å². The predicted octanol–water partition coefficient (Wildman–Crippen LogP) is 25.5. The van der Waals surface area contributed by atoms with Gasteiger partial charge in [0, 0.05) is 19.3 Å². The zero-order valence-corrected chi connectivity index (χ0v) is 70.0. The fourth-order valence-electron chi connectivity index (χ4n) is 11.0. The number of rotatable bonds is 79. The standard InChI is InChI=1S/C91H152O16P2/c1-4-7-10-13-16-19-22-25-28-31-34-37-38-39-40-41-42-43-44-45-46-49-51-53-56-59-62-65-68-71-74-77-89(94)101-80-86(92)81-103-108(97,98)104-82-87(93)83-105-109(99,100)106-85-88(107-91(96)79-76-73-70-67-64-61-58-55-52-48-36-33-30-27-24-21-18-15-12-9-6-3)84-102-90(95)78-75-72-69-66-63-60-57-54-50-47-35-32-29-26-23-20-17-14-11-8-5-2/h8,11,16-21,25-30,34-37,39-40,47-48,54-55,57-58,63,66,86-88,92-93H,4-7,9-10,12-15,22-24,31-33,38,41-46,49-53,56,59-62,64-65,67-85H2,1-3H3,(H,97,98)(H,99,100)/b11-8-,19-16-,20-17-,21-18-,28-25-,29-26-,30-27-,37-34-,40-39-,47-35-,48-36-,57-54-,58-55-,66-63-. The van der Waals surface area contributed by atoms with Crippen molar-refractivity contribution >= 4 is 33.6 Å². The smallest absolute Gasteiger partial charge is 0.463 e. The highest BCUT2D eigenvalue weighted by atomic mass is 31.2. The lowest BCUT2D eigenvalue weighted by atomic mass is 10.0. The van der Waals surface area contributed by atoms with Crippen LogP contribution in [0.2, 0.25) is 0 Å². The molecule has 0 rings (SSSR count). The number of esters is 3. The number of aliphatic hydroxyl groups excluding tert-OH is 2. The Hall–Kier alpha value is -5.09. The highest BCUT2D eigenvalue weighted by Gasteiger charge is 2.29. The molecule has 4 N–H and O–H groups in total. The minimum Gasteiger partial charge on any atom is -0.463 e. The summed E-state index contributed by atoms with van der Waals surface area (Å²) in [5, 5.41) is 20.7. The maximum absolute atomic E-state index is 13.0. The van der Waals surface area contributed by atoms with E-state index in [-0.39, 0.29) is 19.3 Å². The molecule has 5 atom stereocenters. The van der Waals surface area contributed by atoms with Crippen molar-refractivity contribution < 1.29 is 75.8 Å². The van der Waals surface area contributed by atoms with Crippen LogP contribution in [0.5, 0.6) is 0 Å². The summed E-state index contributed by atoms with van der Waals surface area (Å²) < 4.78 is 61.2. The van der Waals surface area contributed by atoms with Crippen LogP contribution in [0.4, 0.5) is 0 Å². The van der Waals surface area contributed by atoms with Gasteiger partial charge in [-0.3, -0.25) is 32.5 Å². The summed E-state index contributed by atoms with van der Waals surface area (Å²) in [4.78, 5) is 58.8. The first-order chi connectivity index (χ1) is 53.2. The third-order valence-electron chi connectivity index (χ3n) is 17.4. The fourth-order valence-corrected chi connectivity index (χ4v) is 12.5. The van der Waals surface area contributed by atoms with Gasteiger partial charge in [0.2, 0.25) is 0 Å². The molecule has 0 aromatic heterocycles. The Balaban J connectivity index is 4.63. The van der Waals surface area contributed by atoms with Gasteiger partial charge in [0.25, 0.3) is 0 Å². The average Bonchev–Trinajstić information content (AvgIpc) is 0.902. The van der Waals surface area contributed by atoms with E-state index in [2.05, 4.69) is 191 Å². The minimum absolute atomic E-state index is 0.0675. The molecular weight excluding hydrogens is 1410 g/mol. The minimum atomic E-state index is -4.96. The van der Waals surface area contributed by atoms with Gasteiger partial charge in [-0.05, 0) is 161 Å². The zero-order valence-electron chi connectivity index (χ0n) is 68.2. The molecule has 0 aliphatic heterocycles. The molecular formula is C91H152O16P2. The van der Waals surface area contributed by atoms with Crippen molar-refractivity contribution in [3.05, 3.63) is 170 Å². The number of allylic oxidation sites excluding steroid dienone is 28. The van der Waals surface area contributed by atoms with Crippen molar-refractivity contribution in [3.8, 4) is 0 Å². The number of carbonyl (C=O) groups is 3. The summed E-state index contributed by atoms with van der Waals surface area (Å²) in [6, 6.07) is 0. The zero-order chi connectivity index (χ0) is 79.4. The molecule has 0 saturated carbocycles. The SMILES string of the molecule is CC/C=C\C/C=C\C/C=C\C/C=C\C/C=C\C/C=C\CCCCC(=O)OCC(COP(=O)(O)OCC(O)COP(=O)(O)OCC(O)COC(=O)CCCCCCCCCCCCCCCCC/C=C\C/C=C\C/C=C\C/C=C\CCCCC)OC(=O)CCCCCCC/C=C\C/C=C\C/C=C\C/C=C\CCCCC. The lowest BCUT2D eigenvalue weighted by Gasteiger charge is -2.21. The molecule has 0 aromatic rings. The number of ether oxygens (including phenoxy) is 3. The van der Waals surface area contributed by atoms with Gasteiger partial charge >= 0.3 is 33.6 Å². The molecule has 0 bridgehead atoms. The van der Waals surface area contributed by atoms with E-state index in [1.807, 2.05) is 0 Å². The van der Waals surface area contributed by atoms with Gasteiger partial charge in [-0.2, -0.15) is 0 Å². The number of unbranched alkanes of at least 4 members (excludes halogenated alkanes) is 28. The number of carbonyl (C=O) groups excluding carboxylic acids is 3. The average molecular weight is 1560 g/mol. The summed E-state index contributed by atoms with van der Waals surface area (Å²) in [7, 11) is -9.83. The molecule has 18 heteroatoms.